The van der Waals surface area contributed by atoms with Crippen molar-refractivity contribution in [2.45, 2.75) is 26.4 Å². The van der Waals surface area contributed by atoms with Crippen molar-refractivity contribution in [2.24, 2.45) is 0 Å². The normalized spacial score (nSPS) is 11.7. The number of amides is 1. The quantitative estimate of drug-likeness (QED) is 0.795. The van der Waals surface area contributed by atoms with E-state index in [4.69, 9.17) is 14.2 Å². The van der Waals surface area contributed by atoms with Crippen molar-refractivity contribution in [3.05, 3.63) is 53.8 Å². The van der Waals surface area contributed by atoms with E-state index in [0.717, 1.165) is 6.20 Å². The lowest BCUT2D eigenvalue weighted by Crippen LogP contribution is -2.27. The highest BCUT2D eigenvalue weighted by Gasteiger charge is 2.18. The van der Waals surface area contributed by atoms with Crippen LogP contribution < -0.4 is 10.1 Å². The predicted molar refractivity (Wildman–Crippen MR) is 98.9 cm³/mol. The molecule has 0 spiro atoms. The molecule has 0 aliphatic rings. The van der Waals surface area contributed by atoms with Crippen LogP contribution in [0.15, 0.2) is 36.9 Å². The highest BCUT2D eigenvalue weighted by Crippen LogP contribution is 2.31. The van der Waals surface area contributed by atoms with Gasteiger partial charge in [-0.05, 0) is 44.5 Å². The van der Waals surface area contributed by atoms with Crippen molar-refractivity contribution in [1.29, 1.82) is 0 Å². The molecule has 1 N–H and O–H groups in total. The summed E-state index contributed by atoms with van der Waals surface area (Å²) in [6.07, 6.45) is 3.37. The maximum absolute atomic E-state index is 13.7. The van der Waals surface area contributed by atoms with Crippen molar-refractivity contribution < 1.29 is 23.4 Å². The lowest BCUT2D eigenvalue weighted by Gasteiger charge is -2.19. The molecule has 2 rings (SSSR count). The van der Waals surface area contributed by atoms with Gasteiger partial charge in [0.2, 0.25) is 5.88 Å². The second-order valence-corrected chi connectivity index (χ2v) is 6.53. The molecule has 0 unspecified atom stereocenters. The van der Waals surface area contributed by atoms with Gasteiger partial charge < -0.3 is 14.2 Å². The first-order valence-corrected chi connectivity index (χ1v) is 8.13. The summed E-state index contributed by atoms with van der Waals surface area (Å²) in [6.45, 7) is 5.29. The van der Waals surface area contributed by atoms with Gasteiger partial charge in [-0.1, -0.05) is 0 Å². The molecule has 0 atom stereocenters. The van der Waals surface area contributed by atoms with Crippen LogP contribution in [-0.2, 0) is 9.47 Å². The van der Waals surface area contributed by atoms with Crippen LogP contribution in [0.25, 0.3) is 5.57 Å². The average Bonchev–Trinajstić information content (AvgIpc) is 2.58. The van der Waals surface area contributed by atoms with Crippen molar-refractivity contribution in [1.82, 2.24) is 9.97 Å². The maximum atomic E-state index is 13.7. The second kappa shape index (κ2) is 8.48. The highest BCUT2D eigenvalue weighted by molar-refractivity contribution is 5.86. The lowest BCUT2D eigenvalue weighted by atomic mass is 10.0. The molecule has 7 nitrogen and oxygen atoms in total. The molecule has 27 heavy (non-hydrogen) atoms. The molecular formula is C19H22FN3O4. The fourth-order valence-corrected chi connectivity index (χ4v) is 2.26. The number of nitrogens with zero attached hydrogens (tertiary/aromatic N) is 2. The minimum atomic E-state index is -0.636. The van der Waals surface area contributed by atoms with Crippen molar-refractivity contribution in [3.63, 3.8) is 0 Å². The fraction of sp³-hybridized carbons (Fsp3) is 0.316. The van der Waals surface area contributed by atoms with Crippen LogP contribution in [-0.4, -0.2) is 35.9 Å². The van der Waals surface area contributed by atoms with Gasteiger partial charge in [0.25, 0.3) is 0 Å². The Balaban J connectivity index is 2.39. The van der Waals surface area contributed by atoms with Gasteiger partial charge in [-0.25, -0.2) is 19.2 Å². The summed E-state index contributed by atoms with van der Waals surface area (Å²) in [5.41, 5.74) is 0.886. The third-order valence-electron chi connectivity index (χ3n) is 3.24. The number of ether oxygens (including phenoxy) is 3. The van der Waals surface area contributed by atoms with E-state index in [2.05, 4.69) is 15.3 Å². The number of aromatic nitrogens is 2. The number of hydrogen-bond donors (Lipinski definition) is 1. The SMILES string of the molecule is CO/C=C(\c1ccnc(NC(=O)OC(C)(C)C)c1)c1cc(F)cnc1OC. The molecule has 0 fully saturated rings. The van der Waals surface area contributed by atoms with Gasteiger partial charge in [0.15, 0.2) is 0 Å². The molecule has 0 radical (unpaired) electrons. The smallest absolute Gasteiger partial charge is 0.413 e. The summed E-state index contributed by atoms with van der Waals surface area (Å²) in [5, 5.41) is 2.57. The first kappa shape index (κ1) is 20.2. The Labute approximate surface area is 157 Å². The van der Waals surface area contributed by atoms with Crippen LogP contribution in [0.2, 0.25) is 0 Å². The Hall–Kier alpha value is -3.16. The van der Waals surface area contributed by atoms with E-state index < -0.39 is 17.5 Å². The Morgan fingerprint density at radius 1 is 1.22 bits per heavy atom. The standard InChI is InChI=1S/C19H22FN3O4/c1-19(2,3)27-18(24)23-16-8-12(6-7-21-16)15(11-25-4)14-9-13(20)10-22-17(14)26-5/h6-11H,1-5H3,(H,21,23,24)/b15-11+. The van der Waals surface area contributed by atoms with Crippen molar-refractivity contribution in [3.8, 4) is 5.88 Å². The van der Waals surface area contributed by atoms with Gasteiger partial charge in [-0.15, -0.1) is 0 Å². The number of carbonyl (C=O) groups excluding carboxylic acids is 1. The zero-order chi connectivity index (χ0) is 20.0. The minimum absolute atomic E-state index is 0.234. The molecule has 0 aliphatic heterocycles. The summed E-state index contributed by atoms with van der Waals surface area (Å²) in [7, 11) is 2.91. The van der Waals surface area contributed by atoms with Crippen LogP contribution in [0.1, 0.15) is 31.9 Å². The van der Waals surface area contributed by atoms with Gasteiger partial charge in [0, 0.05) is 11.8 Å². The number of anilines is 1. The molecule has 0 aromatic carbocycles. The summed E-state index contributed by atoms with van der Waals surface area (Å²) in [6, 6.07) is 4.59. The number of halogens is 1. The summed E-state index contributed by atoms with van der Waals surface area (Å²) in [5.74, 6) is -0.0146. The fourth-order valence-electron chi connectivity index (χ4n) is 2.26. The molecule has 8 heteroatoms. The summed E-state index contributed by atoms with van der Waals surface area (Å²) in [4.78, 5) is 20.0. The molecular weight excluding hydrogens is 353 g/mol. The first-order valence-electron chi connectivity index (χ1n) is 8.13. The lowest BCUT2D eigenvalue weighted by molar-refractivity contribution is 0.0635. The monoisotopic (exact) mass is 375 g/mol. The number of carbonyl (C=O) groups is 1. The number of rotatable bonds is 5. The average molecular weight is 375 g/mol. The van der Waals surface area contributed by atoms with Gasteiger partial charge in [-0.2, -0.15) is 0 Å². The Morgan fingerprint density at radius 2 is 1.96 bits per heavy atom. The van der Waals surface area contributed by atoms with Gasteiger partial charge >= 0.3 is 6.09 Å². The second-order valence-electron chi connectivity index (χ2n) is 6.53. The highest BCUT2D eigenvalue weighted by atomic mass is 19.1. The number of hydrogen-bond acceptors (Lipinski definition) is 6. The van der Waals surface area contributed by atoms with Gasteiger partial charge in [0.05, 0.1) is 32.2 Å². The largest absolute Gasteiger partial charge is 0.504 e. The Bertz CT molecular complexity index is 847. The minimum Gasteiger partial charge on any atom is -0.504 e. The third-order valence-corrected chi connectivity index (χ3v) is 3.24. The number of nitrogens with one attached hydrogen (secondary N) is 1. The molecule has 2 aromatic rings. The Morgan fingerprint density at radius 3 is 2.59 bits per heavy atom. The molecule has 0 aliphatic carbocycles. The van der Waals surface area contributed by atoms with Crippen LogP contribution >= 0.6 is 0 Å². The molecule has 1 amide bonds. The maximum Gasteiger partial charge on any atom is 0.413 e. The van der Waals surface area contributed by atoms with Gasteiger partial charge in [0.1, 0.15) is 17.2 Å². The zero-order valence-corrected chi connectivity index (χ0v) is 15.9. The topological polar surface area (TPSA) is 82.6 Å². The number of pyridine rings is 2. The van der Waals surface area contributed by atoms with E-state index in [1.54, 1.807) is 32.9 Å². The summed E-state index contributed by atoms with van der Waals surface area (Å²) >= 11 is 0. The first-order chi connectivity index (χ1) is 12.7. The Kier molecular flexibility index (Phi) is 6.33. The van der Waals surface area contributed by atoms with Gasteiger partial charge in [-0.3, -0.25) is 5.32 Å². The zero-order valence-electron chi connectivity index (χ0n) is 15.9. The third kappa shape index (κ3) is 5.67. The number of methoxy groups -OCH3 is 2. The molecule has 0 saturated carbocycles. The van der Waals surface area contributed by atoms with Crippen LogP contribution in [0, 0.1) is 5.82 Å². The van der Waals surface area contributed by atoms with Crippen LogP contribution in [0.5, 0.6) is 5.88 Å². The molecule has 2 aromatic heterocycles. The predicted octanol–water partition coefficient (Wildman–Crippen LogP) is 4.01. The van der Waals surface area contributed by atoms with Crippen LogP contribution in [0.3, 0.4) is 0 Å². The molecule has 2 heterocycles. The summed E-state index contributed by atoms with van der Waals surface area (Å²) < 4.78 is 29.3. The van der Waals surface area contributed by atoms with Crippen LogP contribution in [0.4, 0.5) is 15.0 Å². The van der Waals surface area contributed by atoms with E-state index in [1.165, 1.54) is 32.7 Å². The van der Waals surface area contributed by atoms with E-state index in [1.807, 2.05) is 0 Å². The molecule has 144 valence electrons. The van der Waals surface area contributed by atoms with E-state index in [-0.39, 0.29) is 11.7 Å². The van der Waals surface area contributed by atoms with Crippen molar-refractivity contribution >= 4 is 17.5 Å². The van der Waals surface area contributed by atoms with E-state index >= 15 is 0 Å². The molecule has 0 bridgehead atoms. The van der Waals surface area contributed by atoms with E-state index in [9.17, 15) is 9.18 Å². The van der Waals surface area contributed by atoms with E-state index in [0.29, 0.717) is 16.7 Å². The molecule has 0 saturated heterocycles. The van der Waals surface area contributed by atoms with Crippen molar-refractivity contribution in [2.75, 3.05) is 19.5 Å².